The van der Waals surface area contributed by atoms with Gasteiger partial charge < -0.3 is 4.90 Å². The standard InChI is InChI=1S/C30H36F6N2O3S/c1-19-7-5-6-8-24(19)25-18-38(23-10-13-42(40,41)14-11-23)12-9-26(25)37(4)27(39)28(2,3)20-15-21(29(31,32)33)17-22(16-20)30(34,35)36/h5-8,15-17,23,25-26H,9-14,18H2,1-4H3/t25-,26+/m1/s1. The van der Waals surface area contributed by atoms with E-state index in [1.54, 1.807) is 7.05 Å². The summed E-state index contributed by atoms with van der Waals surface area (Å²) in [7, 11) is -1.49. The first-order valence-corrected chi connectivity index (χ1v) is 15.7. The summed E-state index contributed by atoms with van der Waals surface area (Å²) in [6, 6.07) is 8.70. The number of aryl methyl sites for hydroxylation is 1. The van der Waals surface area contributed by atoms with Crippen LogP contribution in [0.4, 0.5) is 26.3 Å². The monoisotopic (exact) mass is 618 g/mol. The van der Waals surface area contributed by atoms with E-state index in [1.807, 2.05) is 31.2 Å². The summed E-state index contributed by atoms with van der Waals surface area (Å²) < 4.78 is 106. The molecule has 2 aliphatic rings. The van der Waals surface area contributed by atoms with Crippen LogP contribution in [0.2, 0.25) is 0 Å². The van der Waals surface area contributed by atoms with Gasteiger partial charge in [-0.2, -0.15) is 26.3 Å². The van der Waals surface area contributed by atoms with Crippen molar-refractivity contribution >= 4 is 15.7 Å². The summed E-state index contributed by atoms with van der Waals surface area (Å²) in [5, 5.41) is 0. The topological polar surface area (TPSA) is 57.7 Å². The zero-order valence-corrected chi connectivity index (χ0v) is 24.8. The quantitative estimate of drug-likeness (QED) is 0.375. The van der Waals surface area contributed by atoms with E-state index in [-0.39, 0.29) is 41.1 Å². The van der Waals surface area contributed by atoms with Gasteiger partial charge >= 0.3 is 12.4 Å². The number of alkyl halides is 6. The maximum absolute atomic E-state index is 14.0. The zero-order chi connectivity index (χ0) is 31.3. The number of benzene rings is 2. The second kappa shape index (κ2) is 11.5. The molecule has 12 heteroatoms. The Kier molecular flexibility index (Phi) is 8.83. The third-order valence-electron chi connectivity index (χ3n) is 8.90. The van der Waals surface area contributed by atoms with Gasteiger partial charge in [0.25, 0.3) is 0 Å². The van der Waals surface area contributed by atoms with E-state index in [4.69, 9.17) is 0 Å². The number of likely N-dealkylation sites (tertiary alicyclic amines) is 1. The maximum Gasteiger partial charge on any atom is 0.416 e. The van der Waals surface area contributed by atoms with Gasteiger partial charge in [-0.25, -0.2) is 8.42 Å². The second-order valence-corrected chi connectivity index (χ2v) is 14.3. The number of amides is 1. The number of nitrogens with zero attached hydrogens (tertiary/aromatic N) is 2. The first kappa shape index (κ1) is 32.3. The minimum atomic E-state index is -5.03. The number of likely N-dealkylation sites (N-methyl/N-ethyl adjacent to an activating group) is 1. The van der Waals surface area contributed by atoms with Crippen molar-refractivity contribution in [2.24, 2.45) is 0 Å². The summed E-state index contributed by atoms with van der Waals surface area (Å²) in [6.07, 6.45) is -8.50. The van der Waals surface area contributed by atoms with Crippen molar-refractivity contribution in [1.82, 2.24) is 9.80 Å². The molecule has 0 bridgehead atoms. The molecule has 1 amide bonds. The van der Waals surface area contributed by atoms with Crippen LogP contribution >= 0.6 is 0 Å². The number of halogens is 6. The average Bonchev–Trinajstić information content (AvgIpc) is 2.91. The highest BCUT2D eigenvalue weighted by Gasteiger charge is 2.44. The van der Waals surface area contributed by atoms with Gasteiger partial charge in [0.05, 0.1) is 28.0 Å². The van der Waals surface area contributed by atoms with Crippen LogP contribution in [0.3, 0.4) is 0 Å². The molecule has 232 valence electrons. The molecule has 4 rings (SSSR count). The van der Waals surface area contributed by atoms with Crippen LogP contribution in [0.1, 0.15) is 66.8 Å². The molecule has 42 heavy (non-hydrogen) atoms. The zero-order valence-electron chi connectivity index (χ0n) is 24.0. The Morgan fingerprint density at radius 1 is 0.881 bits per heavy atom. The predicted octanol–water partition coefficient (Wildman–Crippen LogP) is 6.20. The molecule has 0 radical (unpaired) electrons. The lowest BCUT2D eigenvalue weighted by atomic mass is 9.78. The fourth-order valence-electron chi connectivity index (χ4n) is 6.34. The van der Waals surface area contributed by atoms with Gasteiger partial charge in [-0.1, -0.05) is 24.3 Å². The molecule has 0 N–H and O–H groups in total. The normalized spacial score (nSPS) is 22.6. The van der Waals surface area contributed by atoms with Gasteiger partial charge in [-0.3, -0.25) is 9.69 Å². The SMILES string of the molecule is Cc1ccccc1[C@H]1CN(C2CCS(=O)(=O)CC2)CC[C@@H]1N(C)C(=O)C(C)(C)c1cc(C(F)(F)F)cc(C(F)(F)F)c1. The molecule has 2 atom stereocenters. The lowest BCUT2D eigenvalue weighted by Crippen LogP contribution is -2.56. The summed E-state index contributed by atoms with van der Waals surface area (Å²) >= 11 is 0. The molecule has 0 unspecified atom stereocenters. The first-order valence-electron chi connectivity index (χ1n) is 13.9. The van der Waals surface area contributed by atoms with Crippen molar-refractivity contribution in [1.29, 1.82) is 0 Å². The van der Waals surface area contributed by atoms with Crippen molar-refractivity contribution in [3.8, 4) is 0 Å². The van der Waals surface area contributed by atoms with Gasteiger partial charge in [0.2, 0.25) is 5.91 Å². The number of hydrogen-bond acceptors (Lipinski definition) is 4. The maximum atomic E-state index is 14.0. The van der Waals surface area contributed by atoms with Crippen LogP contribution in [0, 0.1) is 6.92 Å². The molecule has 0 aliphatic carbocycles. The Hall–Kier alpha value is -2.60. The van der Waals surface area contributed by atoms with Crippen LogP contribution in [-0.4, -0.2) is 67.9 Å². The highest BCUT2D eigenvalue weighted by Crippen LogP contribution is 2.41. The largest absolute Gasteiger partial charge is 0.416 e. The molecule has 2 aromatic rings. The van der Waals surface area contributed by atoms with E-state index in [0.717, 1.165) is 11.1 Å². The van der Waals surface area contributed by atoms with Crippen molar-refractivity contribution in [2.45, 2.75) is 75.8 Å². The summed E-state index contributed by atoms with van der Waals surface area (Å²) in [6.45, 7) is 5.77. The van der Waals surface area contributed by atoms with Crippen molar-refractivity contribution in [2.75, 3.05) is 31.6 Å². The van der Waals surface area contributed by atoms with Gasteiger partial charge in [0, 0.05) is 38.1 Å². The van der Waals surface area contributed by atoms with E-state index in [1.165, 1.54) is 18.7 Å². The van der Waals surface area contributed by atoms with E-state index < -0.39 is 44.6 Å². The van der Waals surface area contributed by atoms with Gasteiger partial charge in [-0.15, -0.1) is 0 Å². The Balaban J connectivity index is 1.67. The van der Waals surface area contributed by atoms with Gasteiger partial charge in [-0.05, 0) is 74.9 Å². The van der Waals surface area contributed by atoms with E-state index in [2.05, 4.69) is 4.90 Å². The van der Waals surface area contributed by atoms with Crippen LogP contribution in [0.15, 0.2) is 42.5 Å². The summed E-state index contributed by atoms with van der Waals surface area (Å²) in [4.78, 5) is 17.7. The van der Waals surface area contributed by atoms with Crippen LogP contribution < -0.4 is 0 Å². The highest BCUT2D eigenvalue weighted by atomic mass is 32.2. The smallest absolute Gasteiger partial charge is 0.341 e. The molecule has 0 aromatic heterocycles. The third kappa shape index (κ3) is 6.79. The Morgan fingerprint density at radius 3 is 1.93 bits per heavy atom. The number of piperidine rings is 1. The molecule has 2 saturated heterocycles. The lowest BCUT2D eigenvalue weighted by Gasteiger charge is -2.47. The minimum Gasteiger partial charge on any atom is -0.341 e. The molecular weight excluding hydrogens is 582 g/mol. The lowest BCUT2D eigenvalue weighted by molar-refractivity contribution is -0.144. The van der Waals surface area contributed by atoms with E-state index in [9.17, 15) is 39.6 Å². The molecule has 2 heterocycles. The Bertz CT molecular complexity index is 1370. The minimum absolute atomic E-state index is 0.0637. The van der Waals surface area contributed by atoms with Crippen molar-refractivity contribution in [3.63, 3.8) is 0 Å². The molecule has 2 fully saturated rings. The fraction of sp³-hybridized carbons (Fsp3) is 0.567. The fourth-order valence-corrected chi connectivity index (χ4v) is 7.81. The molecule has 2 aliphatic heterocycles. The second-order valence-electron chi connectivity index (χ2n) is 12.0. The molecule has 5 nitrogen and oxygen atoms in total. The number of carbonyl (C=O) groups is 1. The first-order chi connectivity index (χ1) is 19.3. The Morgan fingerprint density at radius 2 is 1.40 bits per heavy atom. The van der Waals surface area contributed by atoms with Crippen LogP contribution in [0.5, 0.6) is 0 Å². The Labute approximate surface area is 242 Å². The van der Waals surface area contributed by atoms with Crippen molar-refractivity contribution in [3.05, 3.63) is 70.3 Å². The summed E-state index contributed by atoms with van der Waals surface area (Å²) in [5.74, 6) is -0.544. The van der Waals surface area contributed by atoms with Crippen molar-refractivity contribution < 1.29 is 39.6 Å². The van der Waals surface area contributed by atoms with Crippen LogP contribution in [0.25, 0.3) is 0 Å². The van der Waals surface area contributed by atoms with E-state index in [0.29, 0.717) is 44.5 Å². The highest BCUT2D eigenvalue weighted by molar-refractivity contribution is 7.91. The molecule has 0 spiro atoms. The number of hydrogen-bond donors (Lipinski definition) is 0. The summed E-state index contributed by atoms with van der Waals surface area (Å²) in [5.41, 5.74) is -3.00. The van der Waals surface area contributed by atoms with E-state index >= 15 is 0 Å². The average molecular weight is 619 g/mol. The molecule has 2 aromatic carbocycles. The number of rotatable bonds is 5. The van der Waals surface area contributed by atoms with Crippen LogP contribution in [-0.2, 0) is 32.4 Å². The third-order valence-corrected chi connectivity index (χ3v) is 10.6. The molecular formula is C30H36F6N2O3S. The van der Waals surface area contributed by atoms with Gasteiger partial charge in [0.15, 0.2) is 0 Å². The molecule has 0 saturated carbocycles. The number of carbonyl (C=O) groups excluding carboxylic acids is 1. The number of sulfone groups is 1. The predicted molar refractivity (Wildman–Crippen MR) is 148 cm³/mol. The van der Waals surface area contributed by atoms with Gasteiger partial charge in [0.1, 0.15) is 9.84 Å².